The zero-order valence-corrected chi connectivity index (χ0v) is 34.6. The number of aliphatic hydroxyl groups excluding tert-OH is 2. The lowest BCUT2D eigenvalue weighted by Gasteiger charge is -2.39. The molecule has 10 N–H and O–H groups in total. The molecule has 2 amide bonds. The number of carbonyl (C=O) groups excluding carboxylic acids is 2. The van der Waals surface area contributed by atoms with Crippen LogP contribution in [0.3, 0.4) is 0 Å². The van der Waals surface area contributed by atoms with E-state index in [4.69, 9.17) is 28.5 Å². The monoisotopic (exact) mass is 913 g/mol. The number of amidine groups is 1. The van der Waals surface area contributed by atoms with Gasteiger partial charge in [-0.2, -0.15) is 16.9 Å². The van der Waals surface area contributed by atoms with Gasteiger partial charge in [0.05, 0.1) is 25.4 Å². The Morgan fingerprint density at radius 1 is 1.12 bits per heavy atom. The van der Waals surface area contributed by atoms with Crippen LogP contribution in [0, 0.1) is 5.41 Å². The summed E-state index contributed by atoms with van der Waals surface area (Å²) in [5.74, 6) is -1.15. The number of aliphatic imine (C=N–C) groups is 3. The molecule has 8 atom stereocenters. The predicted molar refractivity (Wildman–Crippen MR) is 207 cm³/mol. The van der Waals surface area contributed by atoms with Crippen LogP contribution in [-0.4, -0.2) is 134 Å². The molecular weight excluding hydrogens is 871 g/mol. The Labute approximate surface area is 339 Å². The first-order valence-corrected chi connectivity index (χ1v) is 22.4. The fourth-order valence-electron chi connectivity index (χ4n) is 6.15. The van der Waals surface area contributed by atoms with Gasteiger partial charge in [-0.25, -0.2) is 33.4 Å². The van der Waals surface area contributed by atoms with Crippen LogP contribution in [0.2, 0.25) is 0 Å². The average Bonchev–Trinajstić information content (AvgIpc) is 3.68. The summed E-state index contributed by atoms with van der Waals surface area (Å²) in [5, 5.41) is 27.3. The Morgan fingerprint density at radius 3 is 2.51 bits per heavy atom. The van der Waals surface area contributed by atoms with Crippen LogP contribution in [0.1, 0.15) is 25.8 Å². The second kappa shape index (κ2) is 18.4. The van der Waals surface area contributed by atoms with E-state index < -0.39 is 96.6 Å². The minimum Gasteiger partial charge on any atom is -0.422 e. The summed E-state index contributed by atoms with van der Waals surface area (Å²) in [6.07, 6.45) is -8.71. The van der Waals surface area contributed by atoms with Crippen molar-refractivity contribution in [1.82, 2.24) is 15.5 Å². The first kappa shape index (κ1) is 46.8. The molecule has 0 spiro atoms. The van der Waals surface area contributed by atoms with Crippen LogP contribution in [0.4, 0.5) is 0 Å². The van der Waals surface area contributed by atoms with Gasteiger partial charge < -0.3 is 55.3 Å². The summed E-state index contributed by atoms with van der Waals surface area (Å²) in [5.41, 5.74) is 1.54. The Bertz CT molecular complexity index is 2220. The standard InChI is InChI=1S/C30H42N7O18P3S/c1-29(2,24(40)26(41)33-8-7-20(38)32-9-10-59)13-51-58(48,49)55-57(46,47)50-12-19-22(54-56(43,44)45)21(39)27(52-19)37-15-35-23-25(31)34-14-36-30(23,37)17-11-16-5-3-4-6-18(16)53-28(17)42/h3-6,11,14,19,21-22,24,27,39-40,59H,7-10,12-13,15H2,1-2H3,(H,32,38)(H,33,41)(H,46,47)(H,48,49)(H2,31,34,36)(H2,43,44,45)/t19-,21-,22-,24?,27-,30?/m1/s1. The van der Waals surface area contributed by atoms with E-state index in [-0.39, 0.29) is 41.6 Å². The van der Waals surface area contributed by atoms with E-state index in [0.29, 0.717) is 17.7 Å². The maximum absolute atomic E-state index is 13.5. The second-order valence-corrected chi connectivity index (χ2v) is 18.4. The number of benzene rings is 1. The normalized spacial score (nSPS) is 26.1. The van der Waals surface area contributed by atoms with Crippen molar-refractivity contribution in [2.24, 2.45) is 26.1 Å². The largest absolute Gasteiger partial charge is 0.481 e. The molecule has 1 aromatic carbocycles. The number of thiol groups is 1. The van der Waals surface area contributed by atoms with Crippen molar-refractivity contribution in [3.8, 4) is 0 Å². The maximum atomic E-state index is 13.5. The Hall–Kier alpha value is -3.26. The van der Waals surface area contributed by atoms with Crippen molar-refractivity contribution >= 4 is 76.8 Å². The molecule has 1 aromatic heterocycles. The smallest absolute Gasteiger partial charge is 0.422 e. The van der Waals surface area contributed by atoms with Crippen LogP contribution in [0.25, 0.3) is 11.0 Å². The van der Waals surface area contributed by atoms with Crippen LogP contribution in [0.5, 0.6) is 0 Å². The third kappa shape index (κ3) is 11.0. The molecule has 29 heteroatoms. The fourth-order valence-corrected chi connectivity index (χ4v) is 9.09. The molecule has 2 aromatic rings. The molecule has 3 aliphatic heterocycles. The number of aliphatic hydroxyl groups is 2. The lowest BCUT2D eigenvalue weighted by molar-refractivity contribution is -0.137. The number of amides is 2. The highest BCUT2D eigenvalue weighted by molar-refractivity contribution is 7.80. The van der Waals surface area contributed by atoms with E-state index in [1.807, 2.05) is 0 Å². The van der Waals surface area contributed by atoms with Gasteiger partial charge in [0.25, 0.3) is 0 Å². The molecule has 4 heterocycles. The highest BCUT2D eigenvalue weighted by Gasteiger charge is 2.60. The van der Waals surface area contributed by atoms with Crippen LogP contribution >= 0.6 is 36.1 Å². The van der Waals surface area contributed by atoms with Crippen molar-refractivity contribution in [2.75, 3.05) is 38.7 Å². The van der Waals surface area contributed by atoms with Crippen molar-refractivity contribution in [3.63, 3.8) is 0 Å². The Morgan fingerprint density at radius 2 is 1.81 bits per heavy atom. The van der Waals surface area contributed by atoms with Gasteiger partial charge in [0.15, 0.2) is 11.5 Å². The van der Waals surface area contributed by atoms with Gasteiger partial charge in [-0.05, 0) is 12.1 Å². The third-order valence-corrected chi connectivity index (χ3v) is 12.3. The second-order valence-electron chi connectivity index (χ2n) is 13.7. The average molecular weight is 914 g/mol. The first-order valence-electron chi connectivity index (χ1n) is 17.3. The van der Waals surface area contributed by atoms with E-state index in [0.717, 1.165) is 6.34 Å². The van der Waals surface area contributed by atoms with Gasteiger partial charge in [-0.3, -0.25) is 28.2 Å². The SMILES string of the molecule is CC(C)(COP(=O)(O)OP(=O)(O)OC[C@H]1O[C@@H](N2CN=C3C(N)=NC=NC32c2cc3ccccc3oc2=O)[C@H](O)[C@@H]1OP(=O)(O)O)C(O)C(=O)NCCC(=O)NCCS. The van der Waals surface area contributed by atoms with E-state index in [2.05, 4.69) is 42.6 Å². The van der Waals surface area contributed by atoms with Crippen molar-refractivity contribution in [2.45, 2.75) is 56.6 Å². The number of fused-ring (bicyclic) bond motifs is 2. The number of phosphoric acid groups is 3. The van der Waals surface area contributed by atoms with E-state index in [9.17, 15) is 57.9 Å². The molecule has 0 bridgehead atoms. The molecule has 0 saturated carbocycles. The zero-order chi connectivity index (χ0) is 43.6. The summed E-state index contributed by atoms with van der Waals surface area (Å²) in [7, 11) is -16.7. The van der Waals surface area contributed by atoms with Crippen molar-refractivity contribution < 1.29 is 80.1 Å². The molecule has 4 unspecified atom stereocenters. The molecule has 5 rings (SSSR count). The Kier molecular flexibility index (Phi) is 14.6. The quantitative estimate of drug-likeness (QED) is 0.0450. The number of nitrogens with one attached hydrogen (secondary N) is 2. The van der Waals surface area contributed by atoms with Gasteiger partial charge in [0, 0.05) is 36.1 Å². The fraction of sp³-hybridized carbons (Fsp3) is 0.533. The molecular formula is C30H42N7O18P3S. The van der Waals surface area contributed by atoms with Crippen molar-refractivity contribution in [1.29, 1.82) is 0 Å². The summed E-state index contributed by atoms with van der Waals surface area (Å²) >= 11 is 3.96. The summed E-state index contributed by atoms with van der Waals surface area (Å²) in [6.45, 7) is 0.0874. The number of para-hydroxylation sites is 1. The summed E-state index contributed by atoms with van der Waals surface area (Å²) in [4.78, 5) is 91.6. The third-order valence-electron chi connectivity index (χ3n) is 8.99. The molecule has 326 valence electrons. The number of nitrogens with two attached hydrogens (primary N) is 1. The number of hydrogen-bond donors (Lipinski definition) is 10. The molecule has 1 saturated heterocycles. The topological polar surface area (TPSA) is 373 Å². The number of nitrogens with zero attached hydrogens (tertiary/aromatic N) is 4. The number of ether oxygens (including phenoxy) is 1. The molecule has 0 radical (unpaired) electrons. The van der Waals surface area contributed by atoms with E-state index in [1.165, 1.54) is 30.9 Å². The van der Waals surface area contributed by atoms with Crippen LogP contribution in [0.15, 0.2) is 54.5 Å². The Balaban J connectivity index is 1.29. The minimum atomic E-state index is -5.67. The van der Waals surface area contributed by atoms with Gasteiger partial charge in [-0.1, -0.05) is 32.0 Å². The minimum absolute atomic E-state index is 0.0848. The van der Waals surface area contributed by atoms with Gasteiger partial charge in [-0.15, -0.1) is 0 Å². The number of hydrogen-bond acceptors (Lipinski definition) is 20. The van der Waals surface area contributed by atoms with E-state index >= 15 is 0 Å². The maximum Gasteiger partial charge on any atom is 0.481 e. The molecule has 3 aliphatic rings. The molecule has 1 fully saturated rings. The lowest BCUT2D eigenvalue weighted by Crippen LogP contribution is -2.59. The van der Waals surface area contributed by atoms with Crippen molar-refractivity contribution in [3.05, 3.63) is 46.3 Å². The highest BCUT2D eigenvalue weighted by Crippen LogP contribution is 2.61. The van der Waals surface area contributed by atoms with Crippen LogP contribution < -0.4 is 22.0 Å². The van der Waals surface area contributed by atoms with Gasteiger partial charge >= 0.3 is 29.1 Å². The van der Waals surface area contributed by atoms with Crippen LogP contribution in [-0.2, 0) is 51.6 Å². The zero-order valence-electron chi connectivity index (χ0n) is 31.0. The summed E-state index contributed by atoms with van der Waals surface area (Å²) in [6, 6.07) is 7.89. The molecule has 59 heavy (non-hydrogen) atoms. The first-order chi connectivity index (χ1) is 27.5. The predicted octanol–water partition coefficient (Wildman–Crippen LogP) is -1.19. The number of phosphoric ester groups is 3. The summed E-state index contributed by atoms with van der Waals surface area (Å²) < 4.78 is 67.8. The molecule has 25 nitrogen and oxygen atoms in total. The number of carbonyl (C=O) groups is 2. The lowest BCUT2D eigenvalue weighted by atomic mass is 9.87. The molecule has 0 aliphatic carbocycles. The van der Waals surface area contributed by atoms with Gasteiger partial charge in [0.1, 0.15) is 48.3 Å². The number of rotatable bonds is 19. The van der Waals surface area contributed by atoms with E-state index in [1.54, 1.807) is 18.2 Å². The highest BCUT2D eigenvalue weighted by atomic mass is 32.1. The van der Waals surface area contributed by atoms with Gasteiger partial charge in [0.2, 0.25) is 11.8 Å².